The molecule has 0 saturated carbocycles. The molecule has 1 atom stereocenters. The minimum atomic E-state index is -0.197. The van der Waals surface area contributed by atoms with Crippen molar-refractivity contribution in [3.8, 4) is 0 Å². The summed E-state index contributed by atoms with van der Waals surface area (Å²) in [6.45, 7) is 6.18. The van der Waals surface area contributed by atoms with Crippen LogP contribution in [0.15, 0.2) is 24.4 Å². The van der Waals surface area contributed by atoms with E-state index in [1.54, 1.807) is 13.3 Å². The lowest BCUT2D eigenvalue weighted by Gasteiger charge is -2.31. The molecule has 0 spiro atoms. The Morgan fingerprint density at radius 3 is 2.64 bits per heavy atom. The van der Waals surface area contributed by atoms with E-state index in [9.17, 15) is 0 Å². The lowest BCUT2D eigenvalue weighted by Crippen LogP contribution is -2.41. The van der Waals surface area contributed by atoms with Crippen molar-refractivity contribution in [2.75, 3.05) is 12.4 Å². The molecule has 0 amide bonds. The van der Waals surface area contributed by atoms with Crippen molar-refractivity contribution in [1.82, 2.24) is 4.98 Å². The standard InChI is InChI=1S/C11H18N2O/c1-9(11(2,3)14-4)13-10-7-5-6-8-12-10/h5-9H,1-4H3,(H,12,13). The van der Waals surface area contributed by atoms with Crippen LogP contribution in [-0.4, -0.2) is 23.7 Å². The maximum Gasteiger partial charge on any atom is 0.126 e. The van der Waals surface area contributed by atoms with Gasteiger partial charge in [0.2, 0.25) is 0 Å². The quantitative estimate of drug-likeness (QED) is 0.798. The number of anilines is 1. The van der Waals surface area contributed by atoms with Gasteiger partial charge in [-0.2, -0.15) is 0 Å². The molecule has 0 aliphatic rings. The van der Waals surface area contributed by atoms with Gasteiger partial charge in [-0.25, -0.2) is 4.98 Å². The van der Waals surface area contributed by atoms with E-state index in [4.69, 9.17) is 4.74 Å². The highest BCUT2D eigenvalue weighted by molar-refractivity contribution is 5.35. The van der Waals surface area contributed by atoms with Gasteiger partial charge < -0.3 is 10.1 Å². The van der Waals surface area contributed by atoms with Crippen LogP contribution in [0.4, 0.5) is 5.82 Å². The highest BCUT2D eigenvalue weighted by atomic mass is 16.5. The molecule has 1 aromatic rings. The molecular weight excluding hydrogens is 176 g/mol. The van der Waals surface area contributed by atoms with Crippen molar-refractivity contribution < 1.29 is 4.74 Å². The molecule has 0 radical (unpaired) electrons. The Labute approximate surface area is 85.5 Å². The van der Waals surface area contributed by atoms with Crippen LogP contribution in [0.5, 0.6) is 0 Å². The molecule has 0 aromatic carbocycles. The topological polar surface area (TPSA) is 34.1 Å². The smallest absolute Gasteiger partial charge is 0.126 e. The second kappa shape index (κ2) is 4.42. The molecule has 0 aliphatic carbocycles. The van der Waals surface area contributed by atoms with Gasteiger partial charge in [0.1, 0.15) is 5.82 Å². The minimum absolute atomic E-state index is 0.197. The maximum absolute atomic E-state index is 5.38. The van der Waals surface area contributed by atoms with Crippen LogP contribution >= 0.6 is 0 Å². The fourth-order valence-electron chi connectivity index (χ4n) is 1.02. The fourth-order valence-corrected chi connectivity index (χ4v) is 1.02. The fraction of sp³-hybridized carbons (Fsp3) is 0.545. The van der Waals surface area contributed by atoms with E-state index >= 15 is 0 Å². The van der Waals surface area contributed by atoms with E-state index in [1.165, 1.54) is 0 Å². The van der Waals surface area contributed by atoms with Crippen LogP contribution in [0, 0.1) is 0 Å². The first-order valence-electron chi connectivity index (χ1n) is 4.79. The third-order valence-corrected chi connectivity index (χ3v) is 2.60. The van der Waals surface area contributed by atoms with Crippen LogP contribution in [0.1, 0.15) is 20.8 Å². The summed E-state index contributed by atoms with van der Waals surface area (Å²) in [5.74, 6) is 0.880. The Morgan fingerprint density at radius 2 is 2.14 bits per heavy atom. The Morgan fingerprint density at radius 1 is 1.43 bits per heavy atom. The summed E-state index contributed by atoms with van der Waals surface area (Å²) >= 11 is 0. The van der Waals surface area contributed by atoms with Gasteiger partial charge in [0.05, 0.1) is 11.6 Å². The zero-order chi connectivity index (χ0) is 10.6. The largest absolute Gasteiger partial charge is 0.377 e. The number of hydrogen-bond acceptors (Lipinski definition) is 3. The minimum Gasteiger partial charge on any atom is -0.377 e. The van der Waals surface area contributed by atoms with Gasteiger partial charge in [-0.1, -0.05) is 6.07 Å². The molecule has 1 N–H and O–H groups in total. The predicted octanol–water partition coefficient (Wildman–Crippen LogP) is 2.31. The van der Waals surface area contributed by atoms with Crippen molar-refractivity contribution >= 4 is 5.82 Å². The second-order valence-corrected chi connectivity index (χ2v) is 3.89. The third-order valence-electron chi connectivity index (χ3n) is 2.60. The summed E-state index contributed by atoms with van der Waals surface area (Å²) in [5.41, 5.74) is -0.197. The summed E-state index contributed by atoms with van der Waals surface area (Å²) in [5, 5.41) is 3.30. The zero-order valence-corrected chi connectivity index (χ0v) is 9.24. The number of pyridine rings is 1. The van der Waals surface area contributed by atoms with Crippen LogP contribution in [0.2, 0.25) is 0 Å². The van der Waals surface area contributed by atoms with Gasteiger partial charge in [-0.3, -0.25) is 0 Å². The number of aromatic nitrogens is 1. The van der Waals surface area contributed by atoms with Gasteiger partial charge in [0.25, 0.3) is 0 Å². The number of ether oxygens (including phenoxy) is 1. The predicted molar refractivity (Wildman–Crippen MR) is 58.4 cm³/mol. The molecule has 14 heavy (non-hydrogen) atoms. The van der Waals surface area contributed by atoms with Crippen molar-refractivity contribution in [2.45, 2.75) is 32.4 Å². The van der Waals surface area contributed by atoms with Gasteiger partial charge in [-0.05, 0) is 32.9 Å². The highest BCUT2D eigenvalue weighted by Gasteiger charge is 2.25. The summed E-state index contributed by atoms with van der Waals surface area (Å²) in [6, 6.07) is 6.02. The zero-order valence-electron chi connectivity index (χ0n) is 9.24. The van der Waals surface area contributed by atoms with Gasteiger partial charge in [0.15, 0.2) is 0 Å². The van der Waals surface area contributed by atoms with Crippen LogP contribution in [0.25, 0.3) is 0 Å². The van der Waals surface area contributed by atoms with E-state index in [1.807, 2.05) is 32.0 Å². The summed E-state index contributed by atoms with van der Waals surface area (Å²) in [4.78, 5) is 4.20. The first kappa shape index (κ1) is 11.0. The van der Waals surface area contributed by atoms with Crippen molar-refractivity contribution in [3.63, 3.8) is 0 Å². The Kier molecular flexibility index (Phi) is 3.47. The first-order valence-corrected chi connectivity index (χ1v) is 4.79. The van der Waals surface area contributed by atoms with Crippen LogP contribution in [-0.2, 0) is 4.74 Å². The summed E-state index contributed by atoms with van der Waals surface area (Å²) in [7, 11) is 1.72. The van der Waals surface area contributed by atoms with E-state index in [0.29, 0.717) is 0 Å². The average Bonchev–Trinajstić information content (AvgIpc) is 2.19. The molecule has 3 heteroatoms. The lowest BCUT2D eigenvalue weighted by atomic mass is 10.0. The molecule has 1 aromatic heterocycles. The Hall–Kier alpha value is -1.09. The molecule has 0 bridgehead atoms. The number of hydrogen-bond donors (Lipinski definition) is 1. The Bertz CT molecular complexity index is 272. The van der Waals surface area contributed by atoms with Gasteiger partial charge in [0, 0.05) is 13.3 Å². The molecule has 0 saturated heterocycles. The number of methoxy groups -OCH3 is 1. The van der Waals surface area contributed by atoms with E-state index in [0.717, 1.165) is 5.82 Å². The van der Waals surface area contributed by atoms with Crippen molar-refractivity contribution in [2.24, 2.45) is 0 Å². The molecule has 78 valence electrons. The summed E-state index contributed by atoms with van der Waals surface area (Å²) in [6.07, 6.45) is 1.77. The molecule has 1 rings (SSSR count). The normalized spacial score (nSPS) is 13.7. The SMILES string of the molecule is COC(C)(C)C(C)Nc1ccccn1. The van der Waals surface area contributed by atoms with E-state index < -0.39 is 0 Å². The molecule has 0 aliphatic heterocycles. The van der Waals surface area contributed by atoms with Crippen molar-refractivity contribution in [3.05, 3.63) is 24.4 Å². The molecule has 0 fully saturated rings. The molecule has 1 unspecified atom stereocenters. The van der Waals surface area contributed by atoms with Gasteiger partial charge in [-0.15, -0.1) is 0 Å². The van der Waals surface area contributed by atoms with Gasteiger partial charge >= 0.3 is 0 Å². The number of nitrogens with one attached hydrogen (secondary N) is 1. The average molecular weight is 194 g/mol. The monoisotopic (exact) mass is 194 g/mol. The number of rotatable bonds is 4. The summed E-state index contributed by atoms with van der Waals surface area (Å²) < 4.78 is 5.38. The lowest BCUT2D eigenvalue weighted by molar-refractivity contribution is 0.0106. The second-order valence-electron chi connectivity index (χ2n) is 3.89. The third kappa shape index (κ3) is 2.70. The van der Waals surface area contributed by atoms with Crippen LogP contribution in [0.3, 0.4) is 0 Å². The molecular formula is C11H18N2O. The van der Waals surface area contributed by atoms with E-state index in [-0.39, 0.29) is 11.6 Å². The van der Waals surface area contributed by atoms with Crippen LogP contribution < -0.4 is 5.32 Å². The number of nitrogens with zero attached hydrogens (tertiary/aromatic N) is 1. The molecule has 1 heterocycles. The maximum atomic E-state index is 5.38. The van der Waals surface area contributed by atoms with Crippen molar-refractivity contribution in [1.29, 1.82) is 0 Å². The van der Waals surface area contributed by atoms with E-state index in [2.05, 4.69) is 17.2 Å². The first-order chi connectivity index (χ1) is 6.56. The Balaban J connectivity index is 2.62. The highest BCUT2D eigenvalue weighted by Crippen LogP contribution is 2.16. The molecule has 3 nitrogen and oxygen atoms in total.